The molecule has 0 aromatic heterocycles. The quantitative estimate of drug-likeness (QED) is 0.835. The molecule has 0 aliphatic heterocycles. The summed E-state index contributed by atoms with van der Waals surface area (Å²) in [5, 5.41) is 10.1. The van der Waals surface area contributed by atoms with Crippen molar-refractivity contribution >= 4 is 0 Å². The van der Waals surface area contributed by atoms with Gasteiger partial charge in [-0.15, -0.1) is 0 Å². The SMILES string of the molecule is CC(C)c1ccccc1OCCC(O)C1CCCC1. The van der Waals surface area contributed by atoms with Gasteiger partial charge in [0.25, 0.3) is 0 Å². The summed E-state index contributed by atoms with van der Waals surface area (Å²) in [6.07, 6.45) is 5.48. The van der Waals surface area contributed by atoms with E-state index in [4.69, 9.17) is 4.74 Å². The van der Waals surface area contributed by atoms with Crippen molar-refractivity contribution in [1.82, 2.24) is 0 Å². The lowest BCUT2D eigenvalue weighted by Gasteiger charge is -2.19. The second-order valence-electron chi connectivity index (χ2n) is 5.94. The number of ether oxygens (including phenoxy) is 1. The molecule has 0 saturated heterocycles. The predicted molar refractivity (Wildman–Crippen MR) is 78.6 cm³/mol. The van der Waals surface area contributed by atoms with Crippen LogP contribution in [0.5, 0.6) is 5.75 Å². The van der Waals surface area contributed by atoms with Crippen LogP contribution in [0, 0.1) is 5.92 Å². The molecule has 2 nitrogen and oxygen atoms in total. The molecule has 106 valence electrons. The Labute approximate surface area is 116 Å². The Morgan fingerprint density at radius 3 is 2.58 bits per heavy atom. The van der Waals surface area contributed by atoms with Crippen LogP contribution in [0.4, 0.5) is 0 Å². The summed E-state index contributed by atoms with van der Waals surface area (Å²) in [5.41, 5.74) is 1.25. The zero-order valence-electron chi connectivity index (χ0n) is 12.1. The van der Waals surface area contributed by atoms with Crippen molar-refractivity contribution in [3.8, 4) is 5.75 Å². The van der Waals surface area contributed by atoms with Gasteiger partial charge in [-0.3, -0.25) is 0 Å². The Morgan fingerprint density at radius 2 is 1.89 bits per heavy atom. The Morgan fingerprint density at radius 1 is 1.21 bits per heavy atom. The highest BCUT2D eigenvalue weighted by atomic mass is 16.5. The molecule has 1 aromatic carbocycles. The number of benzene rings is 1. The highest BCUT2D eigenvalue weighted by Gasteiger charge is 2.22. The molecule has 1 atom stereocenters. The minimum absolute atomic E-state index is 0.186. The third kappa shape index (κ3) is 3.97. The lowest BCUT2D eigenvalue weighted by molar-refractivity contribution is 0.0851. The number of hydrogen-bond donors (Lipinski definition) is 1. The molecule has 0 radical (unpaired) electrons. The molecule has 1 aliphatic carbocycles. The Balaban J connectivity index is 1.82. The molecule has 1 unspecified atom stereocenters. The highest BCUT2D eigenvalue weighted by molar-refractivity contribution is 5.35. The molecular formula is C17H26O2. The summed E-state index contributed by atoms with van der Waals surface area (Å²) >= 11 is 0. The Bertz CT molecular complexity index is 381. The molecule has 2 heteroatoms. The Kier molecular flexibility index (Phi) is 5.26. The van der Waals surface area contributed by atoms with E-state index in [2.05, 4.69) is 26.0 Å². The molecular weight excluding hydrogens is 236 g/mol. The number of aliphatic hydroxyl groups is 1. The number of rotatable bonds is 6. The van der Waals surface area contributed by atoms with Crippen molar-refractivity contribution in [2.45, 2.75) is 58.0 Å². The lowest BCUT2D eigenvalue weighted by Crippen LogP contribution is -2.20. The fourth-order valence-electron chi connectivity index (χ4n) is 2.96. The lowest BCUT2D eigenvalue weighted by atomic mass is 9.98. The zero-order valence-corrected chi connectivity index (χ0v) is 12.1. The third-order valence-electron chi connectivity index (χ3n) is 4.16. The Hall–Kier alpha value is -1.02. The van der Waals surface area contributed by atoms with Gasteiger partial charge in [0.1, 0.15) is 5.75 Å². The summed E-state index contributed by atoms with van der Waals surface area (Å²) in [4.78, 5) is 0. The van der Waals surface area contributed by atoms with Gasteiger partial charge in [-0.2, -0.15) is 0 Å². The van der Waals surface area contributed by atoms with E-state index in [9.17, 15) is 5.11 Å². The summed E-state index contributed by atoms with van der Waals surface area (Å²) < 4.78 is 5.87. The van der Waals surface area contributed by atoms with Crippen molar-refractivity contribution < 1.29 is 9.84 Å². The minimum atomic E-state index is -0.186. The predicted octanol–water partition coefficient (Wildman–Crippen LogP) is 4.13. The van der Waals surface area contributed by atoms with E-state index < -0.39 is 0 Å². The van der Waals surface area contributed by atoms with E-state index in [0.717, 1.165) is 12.2 Å². The topological polar surface area (TPSA) is 29.5 Å². The summed E-state index contributed by atoms with van der Waals surface area (Å²) in [6, 6.07) is 8.20. The van der Waals surface area contributed by atoms with Gasteiger partial charge in [-0.1, -0.05) is 44.9 Å². The first-order valence-corrected chi connectivity index (χ1v) is 7.58. The number of hydrogen-bond acceptors (Lipinski definition) is 2. The minimum Gasteiger partial charge on any atom is -0.493 e. The summed E-state index contributed by atoms with van der Waals surface area (Å²) in [5.74, 6) is 1.94. The third-order valence-corrected chi connectivity index (χ3v) is 4.16. The molecule has 0 heterocycles. The maximum atomic E-state index is 10.1. The normalized spacial score (nSPS) is 17.9. The second-order valence-corrected chi connectivity index (χ2v) is 5.94. The second kappa shape index (κ2) is 6.95. The smallest absolute Gasteiger partial charge is 0.122 e. The molecule has 1 fully saturated rings. The van der Waals surface area contributed by atoms with Gasteiger partial charge < -0.3 is 9.84 Å². The maximum Gasteiger partial charge on any atom is 0.122 e. The van der Waals surface area contributed by atoms with Gasteiger partial charge in [0.15, 0.2) is 0 Å². The fraction of sp³-hybridized carbons (Fsp3) is 0.647. The van der Waals surface area contributed by atoms with Crippen LogP contribution in [-0.4, -0.2) is 17.8 Å². The van der Waals surface area contributed by atoms with Crippen molar-refractivity contribution in [2.75, 3.05) is 6.61 Å². The van der Waals surface area contributed by atoms with Gasteiger partial charge in [-0.25, -0.2) is 0 Å². The number of aliphatic hydroxyl groups excluding tert-OH is 1. The summed E-state index contributed by atoms with van der Waals surface area (Å²) in [7, 11) is 0. The van der Waals surface area contributed by atoms with E-state index in [1.54, 1.807) is 0 Å². The molecule has 1 aromatic rings. The number of para-hydroxylation sites is 1. The fourth-order valence-corrected chi connectivity index (χ4v) is 2.96. The molecule has 1 aliphatic rings. The van der Waals surface area contributed by atoms with Crippen LogP contribution >= 0.6 is 0 Å². The zero-order chi connectivity index (χ0) is 13.7. The van der Waals surface area contributed by atoms with Gasteiger partial charge in [0, 0.05) is 6.42 Å². The van der Waals surface area contributed by atoms with Crippen LogP contribution in [0.1, 0.15) is 57.4 Å². The first kappa shape index (κ1) is 14.4. The van der Waals surface area contributed by atoms with Crippen molar-refractivity contribution in [1.29, 1.82) is 0 Å². The molecule has 0 spiro atoms. The van der Waals surface area contributed by atoms with Crippen LogP contribution in [0.2, 0.25) is 0 Å². The highest BCUT2D eigenvalue weighted by Crippen LogP contribution is 2.30. The van der Waals surface area contributed by atoms with Gasteiger partial charge in [0.2, 0.25) is 0 Å². The molecule has 0 bridgehead atoms. The van der Waals surface area contributed by atoms with Crippen molar-refractivity contribution in [3.05, 3.63) is 29.8 Å². The first-order chi connectivity index (χ1) is 9.18. The maximum absolute atomic E-state index is 10.1. The average molecular weight is 262 g/mol. The van der Waals surface area contributed by atoms with Crippen LogP contribution in [0.25, 0.3) is 0 Å². The molecule has 1 N–H and O–H groups in total. The molecule has 0 amide bonds. The van der Waals surface area contributed by atoms with Crippen molar-refractivity contribution in [2.24, 2.45) is 5.92 Å². The van der Waals surface area contributed by atoms with Crippen LogP contribution in [-0.2, 0) is 0 Å². The molecule has 1 saturated carbocycles. The average Bonchev–Trinajstić information content (AvgIpc) is 2.93. The van der Waals surface area contributed by atoms with Gasteiger partial charge in [0.05, 0.1) is 12.7 Å². The van der Waals surface area contributed by atoms with Gasteiger partial charge >= 0.3 is 0 Å². The van der Waals surface area contributed by atoms with Crippen molar-refractivity contribution in [3.63, 3.8) is 0 Å². The standard InChI is InChI=1S/C17H26O2/c1-13(2)15-9-5-6-10-17(15)19-12-11-16(18)14-7-3-4-8-14/h5-6,9-10,13-14,16,18H,3-4,7-8,11-12H2,1-2H3. The molecule has 2 rings (SSSR count). The van der Waals surface area contributed by atoms with E-state index in [0.29, 0.717) is 18.4 Å². The van der Waals surface area contributed by atoms with E-state index >= 15 is 0 Å². The summed E-state index contributed by atoms with van der Waals surface area (Å²) in [6.45, 7) is 4.96. The van der Waals surface area contributed by atoms with Crippen LogP contribution in [0.15, 0.2) is 24.3 Å². The van der Waals surface area contributed by atoms with E-state index in [-0.39, 0.29) is 6.10 Å². The van der Waals surface area contributed by atoms with Gasteiger partial charge in [-0.05, 0) is 36.3 Å². The van der Waals surface area contributed by atoms with E-state index in [1.807, 2.05) is 12.1 Å². The first-order valence-electron chi connectivity index (χ1n) is 7.58. The largest absolute Gasteiger partial charge is 0.493 e. The molecule has 19 heavy (non-hydrogen) atoms. The monoisotopic (exact) mass is 262 g/mol. The van der Waals surface area contributed by atoms with Crippen LogP contribution in [0.3, 0.4) is 0 Å². The van der Waals surface area contributed by atoms with E-state index in [1.165, 1.54) is 31.2 Å². The van der Waals surface area contributed by atoms with Crippen LogP contribution < -0.4 is 4.74 Å².